The van der Waals surface area contributed by atoms with Crippen LogP contribution in [0, 0.1) is 0 Å². The van der Waals surface area contributed by atoms with E-state index in [-0.39, 0.29) is 0 Å². The standard InChI is InChI=1S/C9H10BrN3S/c10-3-4-11-6-7-1-2-8-9(5-7)13-14-12-8/h1-2,5,11H,3-4,6H2. The Hall–Kier alpha value is -0.520. The quantitative estimate of drug-likeness (QED) is 0.684. The van der Waals surface area contributed by atoms with Crippen LogP contribution < -0.4 is 5.32 Å². The topological polar surface area (TPSA) is 37.8 Å². The molecule has 0 amide bonds. The molecule has 2 rings (SSSR count). The molecule has 2 aromatic rings. The predicted molar refractivity (Wildman–Crippen MR) is 62.9 cm³/mol. The van der Waals surface area contributed by atoms with Gasteiger partial charge in [-0.05, 0) is 17.7 Å². The summed E-state index contributed by atoms with van der Waals surface area (Å²) >= 11 is 4.64. The number of nitrogens with one attached hydrogen (secondary N) is 1. The van der Waals surface area contributed by atoms with Crippen molar-refractivity contribution in [1.29, 1.82) is 0 Å². The van der Waals surface area contributed by atoms with Crippen molar-refractivity contribution in [2.75, 3.05) is 11.9 Å². The van der Waals surface area contributed by atoms with Gasteiger partial charge in [0.15, 0.2) is 0 Å². The van der Waals surface area contributed by atoms with Gasteiger partial charge in [0.1, 0.15) is 11.0 Å². The fraction of sp³-hybridized carbons (Fsp3) is 0.333. The van der Waals surface area contributed by atoms with Crippen molar-refractivity contribution in [3.8, 4) is 0 Å². The van der Waals surface area contributed by atoms with Crippen molar-refractivity contribution in [2.45, 2.75) is 6.54 Å². The molecule has 1 N–H and O–H groups in total. The first-order chi connectivity index (χ1) is 6.90. The second-order valence-corrected chi connectivity index (χ2v) is 4.27. The Morgan fingerprint density at radius 1 is 1.29 bits per heavy atom. The molecular weight excluding hydrogens is 262 g/mol. The van der Waals surface area contributed by atoms with Gasteiger partial charge in [0, 0.05) is 18.4 Å². The van der Waals surface area contributed by atoms with Crippen LogP contribution in [-0.4, -0.2) is 20.6 Å². The van der Waals surface area contributed by atoms with Crippen LogP contribution in [0.3, 0.4) is 0 Å². The van der Waals surface area contributed by atoms with Gasteiger partial charge < -0.3 is 5.32 Å². The Balaban J connectivity index is 2.10. The monoisotopic (exact) mass is 271 g/mol. The number of nitrogens with zero attached hydrogens (tertiary/aromatic N) is 2. The van der Waals surface area contributed by atoms with Crippen molar-refractivity contribution in [1.82, 2.24) is 14.1 Å². The SMILES string of the molecule is BrCCNCc1ccc2nsnc2c1. The molecule has 14 heavy (non-hydrogen) atoms. The van der Waals surface area contributed by atoms with E-state index in [4.69, 9.17) is 0 Å². The van der Waals surface area contributed by atoms with E-state index in [1.165, 1.54) is 17.3 Å². The largest absolute Gasteiger partial charge is 0.312 e. The van der Waals surface area contributed by atoms with Gasteiger partial charge >= 0.3 is 0 Å². The number of halogens is 1. The third kappa shape index (κ3) is 2.29. The summed E-state index contributed by atoms with van der Waals surface area (Å²) in [5, 5.41) is 4.30. The zero-order valence-electron chi connectivity index (χ0n) is 7.53. The Bertz CT molecular complexity index is 415. The molecule has 1 aromatic carbocycles. The number of hydrogen-bond donors (Lipinski definition) is 1. The van der Waals surface area contributed by atoms with E-state index < -0.39 is 0 Å². The van der Waals surface area contributed by atoms with Crippen molar-refractivity contribution >= 4 is 38.7 Å². The molecule has 0 fully saturated rings. The van der Waals surface area contributed by atoms with E-state index in [9.17, 15) is 0 Å². The van der Waals surface area contributed by atoms with E-state index in [1.54, 1.807) is 0 Å². The van der Waals surface area contributed by atoms with Crippen LogP contribution in [0.4, 0.5) is 0 Å². The van der Waals surface area contributed by atoms with Gasteiger partial charge in [-0.25, -0.2) is 0 Å². The summed E-state index contributed by atoms with van der Waals surface area (Å²) in [7, 11) is 0. The summed E-state index contributed by atoms with van der Waals surface area (Å²) in [4.78, 5) is 0. The summed E-state index contributed by atoms with van der Waals surface area (Å²) in [5.41, 5.74) is 3.23. The Labute approximate surface area is 95.0 Å². The smallest absolute Gasteiger partial charge is 0.105 e. The van der Waals surface area contributed by atoms with Crippen molar-refractivity contribution < 1.29 is 0 Å². The molecule has 74 valence electrons. The highest BCUT2D eigenvalue weighted by atomic mass is 79.9. The molecule has 0 spiro atoms. The van der Waals surface area contributed by atoms with E-state index >= 15 is 0 Å². The molecule has 1 aromatic heterocycles. The highest BCUT2D eigenvalue weighted by Crippen LogP contribution is 2.13. The van der Waals surface area contributed by atoms with Gasteiger partial charge in [0.2, 0.25) is 0 Å². The third-order valence-electron chi connectivity index (χ3n) is 1.92. The lowest BCUT2D eigenvalue weighted by Crippen LogP contribution is -2.15. The average molecular weight is 272 g/mol. The molecule has 0 radical (unpaired) electrons. The lowest BCUT2D eigenvalue weighted by atomic mass is 10.2. The predicted octanol–water partition coefficient (Wildman–Crippen LogP) is 2.18. The fourth-order valence-corrected chi connectivity index (χ4v) is 2.03. The number of aromatic nitrogens is 2. The van der Waals surface area contributed by atoms with Gasteiger partial charge in [-0.15, -0.1) is 0 Å². The minimum Gasteiger partial charge on any atom is -0.312 e. The molecule has 0 aliphatic rings. The number of hydrogen-bond acceptors (Lipinski definition) is 4. The average Bonchev–Trinajstić information content (AvgIpc) is 2.65. The van der Waals surface area contributed by atoms with E-state index in [2.05, 4.69) is 42.1 Å². The molecule has 1 heterocycles. The third-order valence-corrected chi connectivity index (χ3v) is 2.87. The summed E-state index contributed by atoms with van der Waals surface area (Å²) < 4.78 is 8.36. The zero-order valence-corrected chi connectivity index (χ0v) is 9.94. The zero-order chi connectivity index (χ0) is 9.80. The minimum absolute atomic E-state index is 0.888. The lowest BCUT2D eigenvalue weighted by Gasteiger charge is -2.01. The summed E-state index contributed by atoms with van der Waals surface area (Å²) in [6.07, 6.45) is 0. The van der Waals surface area contributed by atoms with Gasteiger partial charge in [0.05, 0.1) is 11.7 Å². The van der Waals surface area contributed by atoms with Crippen LogP contribution in [0.25, 0.3) is 11.0 Å². The number of fused-ring (bicyclic) bond motifs is 1. The normalized spacial score (nSPS) is 10.9. The Kier molecular flexibility index (Phi) is 3.44. The molecule has 3 nitrogen and oxygen atoms in total. The second-order valence-electron chi connectivity index (χ2n) is 2.95. The second kappa shape index (κ2) is 4.82. The van der Waals surface area contributed by atoms with Crippen LogP contribution in [0.5, 0.6) is 0 Å². The number of rotatable bonds is 4. The first-order valence-corrected chi connectivity index (χ1v) is 6.23. The van der Waals surface area contributed by atoms with Gasteiger partial charge in [-0.3, -0.25) is 0 Å². The van der Waals surface area contributed by atoms with Crippen molar-refractivity contribution in [2.24, 2.45) is 0 Å². The number of benzene rings is 1. The summed E-state index contributed by atoms with van der Waals surface area (Å²) in [6.45, 7) is 1.87. The molecule has 0 atom stereocenters. The van der Waals surface area contributed by atoms with Crippen LogP contribution >= 0.6 is 27.7 Å². The van der Waals surface area contributed by atoms with Crippen LogP contribution in [0.15, 0.2) is 18.2 Å². The Morgan fingerprint density at radius 2 is 2.14 bits per heavy atom. The number of alkyl halides is 1. The summed E-state index contributed by atoms with van der Waals surface area (Å²) in [6, 6.07) is 6.19. The highest BCUT2D eigenvalue weighted by Gasteiger charge is 1.99. The maximum absolute atomic E-state index is 4.20. The van der Waals surface area contributed by atoms with Crippen molar-refractivity contribution in [3.63, 3.8) is 0 Å². The molecular formula is C9H10BrN3S. The van der Waals surface area contributed by atoms with Crippen molar-refractivity contribution in [3.05, 3.63) is 23.8 Å². The first kappa shape index (κ1) is 10.0. The maximum Gasteiger partial charge on any atom is 0.105 e. The molecule has 0 aliphatic carbocycles. The first-order valence-electron chi connectivity index (χ1n) is 4.38. The van der Waals surface area contributed by atoms with Crippen LogP contribution in [0.1, 0.15) is 5.56 Å². The van der Waals surface area contributed by atoms with E-state index in [0.29, 0.717) is 0 Å². The van der Waals surface area contributed by atoms with Gasteiger partial charge in [-0.2, -0.15) is 8.75 Å². The molecule has 0 bridgehead atoms. The highest BCUT2D eigenvalue weighted by molar-refractivity contribution is 9.09. The molecule has 0 unspecified atom stereocenters. The van der Waals surface area contributed by atoms with Gasteiger partial charge in [0.25, 0.3) is 0 Å². The van der Waals surface area contributed by atoms with E-state index in [1.807, 2.05) is 6.07 Å². The maximum atomic E-state index is 4.20. The Morgan fingerprint density at radius 3 is 3.00 bits per heavy atom. The molecule has 0 saturated heterocycles. The van der Waals surface area contributed by atoms with Crippen LogP contribution in [-0.2, 0) is 6.54 Å². The summed E-state index contributed by atoms with van der Waals surface area (Å²) in [5.74, 6) is 0. The van der Waals surface area contributed by atoms with Gasteiger partial charge in [-0.1, -0.05) is 22.0 Å². The molecule has 0 aliphatic heterocycles. The van der Waals surface area contributed by atoms with E-state index in [0.717, 1.165) is 29.5 Å². The lowest BCUT2D eigenvalue weighted by molar-refractivity contribution is 0.735. The molecule has 5 heteroatoms. The fourth-order valence-electron chi connectivity index (χ4n) is 1.24. The van der Waals surface area contributed by atoms with Crippen LogP contribution in [0.2, 0.25) is 0 Å². The minimum atomic E-state index is 0.888. The molecule has 0 saturated carbocycles.